The van der Waals surface area contributed by atoms with Crippen LogP contribution >= 0.6 is 0 Å². The van der Waals surface area contributed by atoms with Gasteiger partial charge >= 0.3 is 0 Å². The van der Waals surface area contributed by atoms with Gasteiger partial charge in [-0.1, -0.05) is 61.7 Å². The molecule has 0 aliphatic heterocycles. The topological polar surface area (TPSA) is 75.8 Å². The number of likely N-dealkylation sites (N-methyl/N-ethyl adjacent to an activating group) is 1. The molecule has 4 rings (SSSR count). The number of aldehydes is 1. The van der Waals surface area contributed by atoms with Crippen molar-refractivity contribution < 1.29 is 19.1 Å². The van der Waals surface area contributed by atoms with Crippen LogP contribution in [0.2, 0.25) is 0 Å². The summed E-state index contributed by atoms with van der Waals surface area (Å²) in [6.45, 7) is 2.29. The first-order valence-electron chi connectivity index (χ1n) is 12.7. The minimum Gasteiger partial charge on any atom is -0.494 e. The zero-order valence-electron chi connectivity index (χ0n) is 20.6. The lowest BCUT2D eigenvalue weighted by atomic mass is 9.73. The molecule has 1 heterocycles. The van der Waals surface area contributed by atoms with Crippen molar-refractivity contribution in [2.24, 2.45) is 5.92 Å². The van der Waals surface area contributed by atoms with Crippen LogP contribution in [0.5, 0.6) is 5.75 Å². The van der Waals surface area contributed by atoms with Gasteiger partial charge in [0.1, 0.15) is 17.8 Å². The van der Waals surface area contributed by atoms with Crippen molar-refractivity contribution in [3.05, 3.63) is 83.6 Å². The molecule has 0 saturated heterocycles. The smallest absolute Gasteiger partial charge is 0.231 e. The molecule has 35 heavy (non-hydrogen) atoms. The van der Waals surface area contributed by atoms with Crippen LogP contribution in [-0.2, 0) is 12.0 Å². The normalized spacial score (nSPS) is 16.2. The van der Waals surface area contributed by atoms with E-state index in [4.69, 9.17) is 9.15 Å². The number of carbonyl (C=O) groups excluding carboxylic acids is 1. The molecule has 1 atom stereocenters. The summed E-state index contributed by atoms with van der Waals surface area (Å²) in [5.74, 6) is 2.04. The first-order chi connectivity index (χ1) is 17.1. The molecule has 186 valence electrons. The van der Waals surface area contributed by atoms with E-state index >= 15 is 0 Å². The Morgan fingerprint density at radius 2 is 1.91 bits per heavy atom. The van der Waals surface area contributed by atoms with Crippen molar-refractivity contribution in [1.82, 2.24) is 9.88 Å². The molecular formula is C29H36N2O4. The van der Waals surface area contributed by atoms with Gasteiger partial charge in [0.25, 0.3) is 0 Å². The Hall–Kier alpha value is -2.96. The van der Waals surface area contributed by atoms with Crippen molar-refractivity contribution in [1.29, 1.82) is 0 Å². The first-order valence-corrected chi connectivity index (χ1v) is 12.7. The van der Waals surface area contributed by atoms with E-state index in [1.54, 1.807) is 18.3 Å². The fourth-order valence-electron chi connectivity index (χ4n) is 4.96. The Morgan fingerprint density at radius 1 is 1.11 bits per heavy atom. The molecule has 1 aliphatic rings. The Kier molecular flexibility index (Phi) is 8.72. The first kappa shape index (κ1) is 25.1. The number of rotatable bonds is 12. The second-order valence-electron chi connectivity index (χ2n) is 9.54. The van der Waals surface area contributed by atoms with E-state index in [1.165, 1.54) is 6.42 Å². The number of nitrogens with zero attached hydrogens (tertiary/aromatic N) is 2. The summed E-state index contributed by atoms with van der Waals surface area (Å²) >= 11 is 0. The minimum absolute atomic E-state index is 0.111. The fraction of sp³-hybridized carbons (Fsp3) is 0.448. The van der Waals surface area contributed by atoms with Crippen LogP contribution in [0.15, 0.2) is 65.2 Å². The molecule has 6 nitrogen and oxygen atoms in total. The summed E-state index contributed by atoms with van der Waals surface area (Å²) in [4.78, 5) is 17.7. The van der Waals surface area contributed by atoms with Crippen LogP contribution in [0, 0.1) is 5.92 Å². The van der Waals surface area contributed by atoms with Crippen LogP contribution in [0.3, 0.4) is 0 Å². The van der Waals surface area contributed by atoms with E-state index in [0.717, 1.165) is 75.0 Å². The van der Waals surface area contributed by atoms with Crippen molar-refractivity contribution in [3.63, 3.8) is 0 Å². The average molecular weight is 477 g/mol. The molecule has 1 N–H and O–H groups in total. The largest absolute Gasteiger partial charge is 0.494 e. The number of aliphatic hydroxyl groups is 1. The minimum atomic E-state index is -1.19. The molecule has 1 unspecified atom stereocenters. The monoisotopic (exact) mass is 476 g/mol. The summed E-state index contributed by atoms with van der Waals surface area (Å²) in [6, 6.07) is 17.0. The Morgan fingerprint density at radius 3 is 2.69 bits per heavy atom. The molecular weight excluding hydrogens is 440 g/mol. The third-order valence-corrected chi connectivity index (χ3v) is 6.98. The fourth-order valence-corrected chi connectivity index (χ4v) is 4.96. The second-order valence-corrected chi connectivity index (χ2v) is 9.54. The van der Waals surface area contributed by atoms with Crippen LogP contribution in [-0.4, -0.2) is 48.0 Å². The summed E-state index contributed by atoms with van der Waals surface area (Å²) in [5, 5.41) is 11.9. The number of aromatic nitrogens is 1. The zero-order valence-corrected chi connectivity index (χ0v) is 20.6. The number of hydrogen-bond donors (Lipinski definition) is 1. The summed E-state index contributed by atoms with van der Waals surface area (Å²) in [6.07, 6.45) is 9.63. The number of carbonyl (C=O) groups is 1. The molecule has 6 heteroatoms. The van der Waals surface area contributed by atoms with E-state index in [9.17, 15) is 9.90 Å². The standard InChI is InChI=1S/C29H36N2O4/c1-31(17-9-19-34-26-15-8-10-23(20-26)22-32)18-16-27-21-30-28(35-27)29(33,24-11-4-2-5-12-24)25-13-6-3-7-14-25/h2,4-5,8,10-12,15,20-22,25,33H,3,6-7,9,13-14,16-19H2,1H3. The Balaban J connectivity index is 1.30. The van der Waals surface area contributed by atoms with Gasteiger partial charge < -0.3 is 19.2 Å². The number of hydrogen-bond acceptors (Lipinski definition) is 6. The van der Waals surface area contributed by atoms with Gasteiger partial charge in [-0.2, -0.15) is 0 Å². The highest BCUT2D eigenvalue weighted by Crippen LogP contribution is 2.43. The van der Waals surface area contributed by atoms with E-state index in [0.29, 0.717) is 18.1 Å². The maximum absolute atomic E-state index is 11.9. The van der Waals surface area contributed by atoms with Crippen molar-refractivity contribution in [2.75, 3.05) is 26.7 Å². The molecule has 0 bridgehead atoms. The van der Waals surface area contributed by atoms with Gasteiger partial charge in [0.15, 0.2) is 5.60 Å². The maximum atomic E-state index is 11.9. The van der Waals surface area contributed by atoms with Crippen molar-refractivity contribution >= 4 is 6.29 Å². The molecule has 3 aromatic rings. The molecule has 1 fully saturated rings. The quantitative estimate of drug-likeness (QED) is 0.284. The molecule has 0 amide bonds. The lowest BCUT2D eigenvalue weighted by Crippen LogP contribution is -2.38. The molecule has 0 radical (unpaired) electrons. The highest BCUT2D eigenvalue weighted by atomic mass is 16.5. The Bertz CT molecular complexity index is 1060. The van der Waals surface area contributed by atoms with Crippen LogP contribution in [0.25, 0.3) is 0 Å². The molecule has 1 aromatic heterocycles. The number of benzene rings is 2. The van der Waals surface area contributed by atoms with Crippen LogP contribution < -0.4 is 4.74 Å². The molecule has 1 saturated carbocycles. The van der Waals surface area contributed by atoms with Gasteiger partial charge in [-0.05, 0) is 44.0 Å². The third kappa shape index (κ3) is 6.38. The molecule has 2 aromatic carbocycles. The van der Waals surface area contributed by atoms with Crippen LogP contribution in [0.1, 0.15) is 66.1 Å². The van der Waals surface area contributed by atoms with Crippen LogP contribution in [0.4, 0.5) is 0 Å². The van der Waals surface area contributed by atoms with Crippen molar-refractivity contribution in [2.45, 2.75) is 50.5 Å². The SMILES string of the molecule is CN(CCCOc1cccc(C=O)c1)CCc1cnc(C(O)(c2ccccc2)C2CCCCC2)o1. The highest BCUT2D eigenvalue weighted by molar-refractivity contribution is 5.75. The maximum Gasteiger partial charge on any atom is 0.231 e. The van der Waals surface area contributed by atoms with Gasteiger partial charge in [0.2, 0.25) is 5.89 Å². The average Bonchev–Trinajstić information content (AvgIpc) is 3.40. The van der Waals surface area contributed by atoms with E-state index < -0.39 is 5.60 Å². The van der Waals surface area contributed by atoms with Gasteiger partial charge in [-0.25, -0.2) is 4.98 Å². The highest BCUT2D eigenvalue weighted by Gasteiger charge is 2.44. The number of ether oxygens (including phenoxy) is 1. The molecule has 0 spiro atoms. The summed E-state index contributed by atoms with van der Waals surface area (Å²) in [5.41, 5.74) is 0.287. The van der Waals surface area contributed by atoms with Gasteiger partial charge in [0.05, 0.1) is 12.8 Å². The van der Waals surface area contributed by atoms with E-state index in [1.807, 2.05) is 42.5 Å². The summed E-state index contributed by atoms with van der Waals surface area (Å²) in [7, 11) is 2.08. The predicted octanol–water partition coefficient (Wildman–Crippen LogP) is 5.25. The number of oxazole rings is 1. The second kappa shape index (κ2) is 12.1. The van der Waals surface area contributed by atoms with Gasteiger partial charge in [-0.3, -0.25) is 4.79 Å². The lowest BCUT2D eigenvalue weighted by Gasteiger charge is -2.36. The van der Waals surface area contributed by atoms with Gasteiger partial charge in [0, 0.05) is 31.0 Å². The Labute approximate surface area is 207 Å². The van der Waals surface area contributed by atoms with E-state index in [2.05, 4.69) is 16.9 Å². The van der Waals surface area contributed by atoms with Gasteiger partial charge in [-0.15, -0.1) is 0 Å². The van der Waals surface area contributed by atoms with E-state index in [-0.39, 0.29) is 5.92 Å². The molecule has 1 aliphatic carbocycles. The zero-order chi connectivity index (χ0) is 24.5. The third-order valence-electron chi connectivity index (χ3n) is 6.98. The predicted molar refractivity (Wildman–Crippen MR) is 136 cm³/mol. The van der Waals surface area contributed by atoms with Crippen molar-refractivity contribution in [3.8, 4) is 5.75 Å². The lowest BCUT2D eigenvalue weighted by molar-refractivity contribution is -0.0239. The summed E-state index contributed by atoms with van der Waals surface area (Å²) < 4.78 is 11.9.